The van der Waals surface area contributed by atoms with E-state index < -0.39 is 6.09 Å². The van der Waals surface area contributed by atoms with Gasteiger partial charge in [0.25, 0.3) is 0 Å². The highest BCUT2D eigenvalue weighted by molar-refractivity contribution is 6.31. The van der Waals surface area contributed by atoms with Gasteiger partial charge in [-0.25, -0.2) is 4.79 Å². The van der Waals surface area contributed by atoms with E-state index in [1.807, 2.05) is 12.1 Å². The third-order valence-electron chi connectivity index (χ3n) is 5.41. The topological polar surface area (TPSA) is 47.0 Å². The van der Waals surface area contributed by atoms with Crippen LogP contribution in [0, 0.1) is 5.92 Å². The zero-order valence-corrected chi connectivity index (χ0v) is 15.0. The number of hydrogen-bond acceptors (Lipinski definition) is 3. The summed E-state index contributed by atoms with van der Waals surface area (Å²) in [5.41, 5.74) is 1.19. The average Bonchev–Trinajstić information content (AvgIpc) is 2.59. The van der Waals surface area contributed by atoms with Crippen molar-refractivity contribution in [1.82, 2.24) is 14.7 Å². The maximum Gasteiger partial charge on any atom is 0.407 e. The minimum Gasteiger partial charge on any atom is -0.465 e. The second-order valence-electron chi connectivity index (χ2n) is 6.91. The Labute approximate surface area is 148 Å². The fourth-order valence-corrected chi connectivity index (χ4v) is 4.25. The fraction of sp³-hybridized carbons (Fsp3) is 0.611. The highest BCUT2D eigenvalue weighted by Crippen LogP contribution is 2.38. The van der Waals surface area contributed by atoms with E-state index in [-0.39, 0.29) is 6.04 Å². The lowest BCUT2D eigenvalue weighted by molar-refractivity contribution is 0.0484. The monoisotopic (exact) mass is 351 g/mol. The number of piperazine rings is 1. The van der Waals surface area contributed by atoms with Gasteiger partial charge in [-0.05, 0) is 50.5 Å². The van der Waals surface area contributed by atoms with Crippen molar-refractivity contribution in [1.29, 1.82) is 0 Å². The highest BCUT2D eigenvalue weighted by atomic mass is 35.5. The summed E-state index contributed by atoms with van der Waals surface area (Å²) >= 11 is 6.52. The van der Waals surface area contributed by atoms with Gasteiger partial charge in [-0.1, -0.05) is 29.8 Å². The molecule has 0 aliphatic carbocycles. The number of carbonyl (C=O) groups is 1. The first-order valence-corrected chi connectivity index (χ1v) is 9.09. The molecule has 3 rings (SSSR count). The molecule has 1 unspecified atom stereocenters. The average molecular weight is 352 g/mol. The molecule has 1 amide bonds. The van der Waals surface area contributed by atoms with Gasteiger partial charge in [-0.2, -0.15) is 0 Å². The van der Waals surface area contributed by atoms with Crippen LogP contribution < -0.4 is 0 Å². The Bertz CT molecular complexity index is 567. The number of carboxylic acid groups (broad SMARTS) is 1. The number of rotatable bonds is 3. The molecule has 0 aromatic heterocycles. The van der Waals surface area contributed by atoms with Gasteiger partial charge in [-0.15, -0.1) is 0 Å². The van der Waals surface area contributed by atoms with E-state index in [0.717, 1.165) is 44.0 Å². The molecule has 2 heterocycles. The lowest BCUT2D eigenvalue weighted by atomic mass is 9.84. The summed E-state index contributed by atoms with van der Waals surface area (Å²) in [6.07, 6.45) is 1.50. The predicted octanol–water partition coefficient (Wildman–Crippen LogP) is 3.02. The van der Waals surface area contributed by atoms with Crippen LogP contribution in [0.5, 0.6) is 0 Å². The largest absolute Gasteiger partial charge is 0.465 e. The third kappa shape index (κ3) is 3.85. The summed E-state index contributed by atoms with van der Waals surface area (Å²) < 4.78 is 0. The molecule has 1 N–H and O–H groups in total. The number of amides is 1. The van der Waals surface area contributed by atoms with Crippen LogP contribution in [0.1, 0.15) is 24.4 Å². The Morgan fingerprint density at radius 2 is 1.75 bits per heavy atom. The van der Waals surface area contributed by atoms with E-state index in [1.54, 1.807) is 0 Å². The molecular formula is C18H26ClN3O2. The number of halogens is 1. The van der Waals surface area contributed by atoms with Crippen LogP contribution in [0.4, 0.5) is 4.79 Å². The minimum atomic E-state index is -0.816. The lowest BCUT2D eigenvalue weighted by Crippen LogP contribution is -2.51. The highest BCUT2D eigenvalue weighted by Gasteiger charge is 2.34. The quantitative estimate of drug-likeness (QED) is 0.909. The predicted molar refractivity (Wildman–Crippen MR) is 95.6 cm³/mol. The fourth-order valence-electron chi connectivity index (χ4n) is 4.00. The van der Waals surface area contributed by atoms with E-state index in [9.17, 15) is 9.90 Å². The number of likely N-dealkylation sites (tertiary alicyclic amines) is 1. The molecule has 5 nitrogen and oxygen atoms in total. The third-order valence-corrected chi connectivity index (χ3v) is 5.76. The zero-order valence-electron chi connectivity index (χ0n) is 14.2. The van der Waals surface area contributed by atoms with Crippen molar-refractivity contribution in [2.24, 2.45) is 5.92 Å². The van der Waals surface area contributed by atoms with Crippen molar-refractivity contribution in [3.8, 4) is 0 Å². The second-order valence-corrected chi connectivity index (χ2v) is 7.32. The Morgan fingerprint density at radius 3 is 2.33 bits per heavy atom. The van der Waals surface area contributed by atoms with Crippen molar-refractivity contribution in [2.75, 3.05) is 46.3 Å². The molecule has 0 radical (unpaired) electrons. The SMILES string of the molecule is CN1CCC(C(c2ccccc2Cl)N2CCN(C(=O)O)CC2)CC1. The van der Waals surface area contributed by atoms with E-state index in [2.05, 4.69) is 29.0 Å². The van der Waals surface area contributed by atoms with E-state index in [0.29, 0.717) is 19.0 Å². The van der Waals surface area contributed by atoms with Gasteiger partial charge < -0.3 is 14.9 Å². The summed E-state index contributed by atoms with van der Waals surface area (Å²) in [5, 5.41) is 10.0. The molecule has 24 heavy (non-hydrogen) atoms. The molecule has 1 atom stereocenters. The summed E-state index contributed by atoms with van der Waals surface area (Å²) in [7, 11) is 2.17. The van der Waals surface area contributed by atoms with Crippen molar-refractivity contribution >= 4 is 17.7 Å². The molecule has 2 fully saturated rings. The van der Waals surface area contributed by atoms with Crippen LogP contribution in [0.15, 0.2) is 24.3 Å². The molecule has 1 aromatic rings. The first kappa shape index (κ1) is 17.5. The minimum absolute atomic E-state index is 0.281. The number of piperidine rings is 1. The molecule has 2 aliphatic rings. The Kier molecular flexibility index (Phi) is 5.64. The molecule has 0 spiro atoms. The second kappa shape index (κ2) is 7.72. The Morgan fingerprint density at radius 1 is 1.12 bits per heavy atom. The van der Waals surface area contributed by atoms with Gasteiger partial charge in [0.1, 0.15) is 0 Å². The van der Waals surface area contributed by atoms with Crippen molar-refractivity contribution < 1.29 is 9.90 Å². The summed E-state index contributed by atoms with van der Waals surface area (Å²) in [5.74, 6) is 0.567. The molecule has 132 valence electrons. The first-order chi connectivity index (χ1) is 11.6. The number of benzene rings is 1. The summed E-state index contributed by atoms with van der Waals surface area (Å²) in [6.45, 7) is 4.91. The van der Waals surface area contributed by atoms with Gasteiger partial charge in [0.15, 0.2) is 0 Å². The summed E-state index contributed by atoms with van der Waals surface area (Å²) in [6, 6.07) is 8.40. The maximum absolute atomic E-state index is 11.2. The van der Waals surface area contributed by atoms with E-state index >= 15 is 0 Å². The molecule has 2 aliphatic heterocycles. The molecular weight excluding hydrogens is 326 g/mol. The maximum atomic E-state index is 11.2. The molecule has 2 saturated heterocycles. The van der Waals surface area contributed by atoms with Gasteiger partial charge >= 0.3 is 6.09 Å². The molecule has 0 bridgehead atoms. The zero-order chi connectivity index (χ0) is 17.1. The number of hydrogen-bond donors (Lipinski definition) is 1. The molecule has 0 saturated carbocycles. The number of nitrogens with zero attached hydrogens (tertiary/aromatic N) is 3. The Balaban J connectivity index is 1.80. The van der Waals surface area contributed by atoms with Crippen LogP contribution in [0.2, 0.25) is 5.02 Å². The van der Waals surface area contributed by atoms with Gasteiger partial charge in [0.2, 0.25) is 0 Å². The van der Waals surface area contributed by atoms with Gasteiger partial charge in [0, 0.05) is 37.2 Å². The van der Waals surface area contributed by atoms with Crippen LogP contribution in [0.25, 0.3) is 0 Å². The van der Waals surface area contributed by atoms with E-state index in [1.165, 1.54) is 10.5 Å². The molecule has 6 heteroatoms. The van der Waals surface area contributed by atoms with E-state index in [4.69, 9.17) is 11.6 Å². The standard InChI is InChI=1S/C18H26ClN3O2/c1-20-8-6-14(7-9-20)17(15-4-2-3-5-16(15)19)21-10-12-22(13-11-21)18(23)24/h2-5,14,17H,6-13H2,1H3,(H,23,24). The van der Waals surface area contributed by atoms with Gasteiger partial charge in [0.05, 0.1) is 0 Å². The normalized spacial score (nSPS) is 22.5. The van der Waals surface area contributed by atoms with Crippen molar-refractivity contribution in [3.05, 3.63) is 34.9 Å². The van der Waals surface area contributed by atoms with Crippen LogP contribution >= 0.6 is 11.6 Å². The van der Waals surface area contributed by atoms with Crippen molar-refractivity contribution in [3.63, 3.8) is 0 Å². The first-order valence-electron chi connectivity index (χ1n) is 8.71. The smallest absolute Gasteiger partial charge is 0.407 e. The Hall–Kier alpha value is -1.30. The van der Waals surface area contributed by atoms with Crippen LogP contribution in [-0.2, 0) is 0 Å². The van der Waals surface area contributed by atoms with Gasteiger partial charge in [-0.3, -0.25) is 4.90 Å². The summed E-state index contributed by atoms with van der Waals surface area (Å²) in [4.78, 5) is 17.5. The van der Waals surface area contributed by atoms with Crippen LogP contribution in [-0.4, -0.2) is 72.2 Å². The van der Waals surface area contributed by atoms with Crippen molar-refractivity contribution in [2.45, 2.75) is 18.9 Å². The molecule has 1 aromatic carbocycles. The van der Waals surface area contributed by atoms with Crippen LogP contribution in [0.3, 0.4) is 0 Å². The lowest BCUT2D eigenvalue weighted by Gasteiger charge is -2.44.